The minimum absolute atomic E-state index is 0.481. The van der Waals surface area contributed by atoms with Crippen LogP contribution in [0.25, 0.3) is 16.5 Å². The van der Waals surface area contributed by atoms with Crippen molar-refractivity contribution in [1.29, 1.82) is 0 Å². The summed E-state index contributed by atoms with van der Waals surface area (Å²) in [6.45, 7) is 9.48. The van der Waals surface area contributed by atoms with Gasteiger partial charge >= 0.3 is 0 Å². The van der Waals surface area contributed by atoms with Crippen LogP contribution in [-0.4, -0.2) is 32.8 Å². The van der Waals surface area contributed by atoms with Crippen molar-refractivity contribution >= 4 is 28.9 Å². The van der Waals surface area contributed by atoms with Crippen LogP contribution in [-0.2, 0) is 9.53 Å². The van der Waals surface area contributed by atoms with Crippen LogP contribution in [0.2, 0.25) is 0 Å². The Morgan fingerprint density at radius 2 is 1.83 bits per heavy atom. The number of carbonyl (C=O) groups excluding carboxylic acids is 1. The molecule has 3 aromatic rings. The van der Waals surface area contributed by atoms with E-state index >= 15 is 0 Å². The topological polar surface area (TPSA) is 51.9 Å². The smallest absolute Gasteiger partial charge is 0.298 e. The van der Waals surface area contributed by atoms with E-state index in [1.807, 2.05) is 38.1 Å². The summed E-state index contributed by atoms with van der Waals surface area (Å²) in [5.74, 6) is 1.40. The van der Waals surface area contributed by atoms with Gasteiger partial charge in [0.25, 0.3) is 6.47 Å². The molecule has 0 spiro atoms. The third kappa shape index (κ3) is 3.42. The SMILES string of the molecule is C/C=C(/c1ccccc1)c1cc2c(C)c(N3CCOCC3)oc2c(C)c1OC=O. The summed E-state index contributed by atoms with van der Waals surface area (Å²) in [7, 11) is 0. The van der Waals surface area contributed by atoms with E-state index in [4.69, 9.17) is 13.9 Å². The predicted molar refractivity (Wildman–Crippen MR) is 115 cm³/mol. The van der Waals surface area contributed by atoms with Crippen molar-refractivity contribution in [1.82, 2.24) is 0 Å². The summed E-state index contributed by atoms with van der Waals surface area (Å²) in [5.41, 5.74) is 5.64. The van der Waals surface area contributed by atoms with Gasteiger partial charge in [0.05, 0.1) is 13.2 Å². The van der Waals surface area contributed by atoms with Gasteiger partial charge in [0.2, 0.25) is 0 Å². The first-order chi connectivity index (χ1) is 14.2. The van der Waals surface area contributed by atoms with E-state index < -0.39 is 0 Å². The van der Waals surface area contributed by atoms with Crippen LogP contribution in [0.15, 0.2) is 46.9 Å². The molecule has 0 aliphatic carbocycles. The molecule has 5 heteroatoms. The summed E-state index contributed by atoms with van der Waals surface area (Å²) in [4.78, 5) is 13.5. The Morgan fingerprint density at radius 3 is 2.48 bits per heavy atom. The lowest BCUT2D eigenvalue weighted by atomic mass is 9.93. The molecular formula is C24H25NO4. The maximum absolute atomic E-state index is 11.3. The predicted octanol–water partition coefficient (Wildman–Crippen LogP) is 4.87. The van der Waals surface area contributed by atoms with Crippen LogP contribution in [0.1, 0.15) is 29.2 Å². The number of anilines is 1. The second-order valence-electron chi connectivity index (χ2n) is 7.17. The van der Waals surface area contributed by atoms with E-state index in [1.165, 1.54) is 0 Å². The fourth-order valence-electron chi connectivity index (χ4n) is 4.04. The first-order valence-electron chi connectivity index (χ1n) is 9.87. The Kier molecular flexibility index (Phi) is 5.41. The largest absolute Gasteiger partial charge is 0.440 e. The van der Waals surface area contributed by atoms with E-state index in [9.17, 15) is 4.79 Å². The van der Waals surface area contributed by atoms with Crippen molar-refractivity contribution in [2.45, 2.75) is 20.8 Å². The lowest BCUT2D eigenvalue weighted by Gasteiger charge is -2.26. The van der Waals surface area contributed by atoms with E-state index in [-0.39, 0.29) is 0 Å². The van der Waals surface area contributed by atoms with Crippen LogP contribution in [0.5, 0.6) is 5.75 Å². The first kappa shape index (κ1) is 19.3. The summed E-state index contributed by atoms with van der Waals surface area (Å²) in [5, 5.41) is 1.03. The molecule has 1 aliphatic rings. The van der Waals surface area contributed by atoms with Crippen molar-refractivity contribution in [3.05, 3.63) is 64.7 Å². The maximum atomic E-state index is 11.3. The Hall–Kier alpha value is -3.05. The molecule has 1 saturated heterocycles. The van der Waals surface area contributed by atoms with Gasteiger partial charge in [0.1, 0.15) is 11.3 Å². The molecular weight excluding hydrogens is 366 g/mol. The second-order valence-corrected chi connectivity index (χ2v) is 7.17. The average molecular weight is 391 g/mol. The molecule has 1 fully saturated rings. The van der Waals surface area contributed by atoms with Gasteiger partial charge in [-0.25, -0.2) is 0 Å². The van der Waals surface area contributed by atoms with E-state index in [0.717, 1.165) is 57.8 Å². The number of carbonyl (C=O) groups is 1. The molecule has 0 bridgehead atoms. The van der Waals surface area contributed by atoms with Crippen LogP contribution in [0.3, 0.4) is 0 Å². The summed E-state index contributed by atoms with van der Waals surface area (Å²) in [6.07, 6.45) is 2.05. The van der Waals surface area contributed by atoms with Gasteiger partial charge in [0, 0.05) is 35.2 Å². The molecule has 0 unspecified atom stereocenters. The quantitative estimate of drug-likeness (QED) is 0.581. The molecule has 1 aromatic heterocycles. The van der Waals surface area contributed by atoms with E-state index in [2.05, 4.69) is 30.0 Å². The highest BCUT2D eigenvalue weighted by atomic mass is 16.5. The van der Waals surface area contributed by atoms with Crippen molar-refractivity contribution in [2.24, 2.45) is 0 Å². The third-order valence-electron chi connectivity index (χ3n) is 5.51. The number of nitrogens with zero attached hydrogens (tertiary/aromatic N) is 1. The molecule has 0 N–H and O–H groups in total. The van der Waals surface area contributed by atoms with Gasteiger partial charge in [-0.05, 0) is 38.0 Å². The highest BCUT2D eigenvalue weighted by Gasteiger charge is 2.24. The second kappa shape index (κ2) is 8.13. The summed E-state index contributed by atoms with van der Waals surface area (Å²) < 4.78 is 17.2. The molecule has 0 amide bonds. The van der Waals surface area contributed by atoms with E-state index in [0.29, 0.717) is 25.4 Å². The summed E-state index contributed by atoms with van der Waals surface area (Å²) in [6, 6.07) is 12.2. The minimum Gasteiger partial charge on any atom is -0.440 e. The van der Waals surface area contributed by atoms with Crippen LogP contribution >= 0.6 is 0 Å². The lowest BCUT2D eigenvalue weighted by Crippen LogP contribution is -2.36. The Morgan fingerprint density at radius 1 is 1.10 bits per heavy atom. The van der Waals surface area contributed by atoms with E-state index in [1.54, 1.807) is 0 Å². The fraction of sp³-hybridized carbons (Fsp3) is 0.292. The van der Waals surface area contributed by atoms with Crippen molar-refractivity contribution in [3.8, 4) is 5.75 Å². The number of ether oxygens (including phenoxy) is 2. The Balaban J connectivity index is 1.93. The molecule has 150 valence electrons. The van der Waals surface area contributed by atoms with Gasteiger partial charge in [0.15, 0.2) is 5.88 Å². The minimum atomic E-state index is 0.481. The van der Waals surface area contributed by atoms with Crippen LogP contribution in [0.4, 0.5) is 5.88 Å². The summed E-state index contributed by atoms with van der Waals surface area (Å²) >= 11 is 0. The Labute approximate surface area is 170 Å². The number of aryl methyl sites for hydroxylation is 2. The lowest BCUT2D eigenvalue weighted by molar-refractivity contribution is -0.120. The number of morpholine rings is 1. The van der Waals surface area contributed by atoms with Gasteiger partial charge in [-0.2, -0.15) is 0 Å². The zero-order valence-corrected chi connectivity index (χ0v) is 17.0. The fourth-order valence-corrected chi connectivity index (χ4v) is 4.04. The molecule has 1 aliphatic heterocycles. The highest BCUT2D eigenvalue weighted by Crippen LogP contribution is 2.42. The van der Waals surface area contributed by atoms with Gasteiger partial charge in [-0.1, -0.05) is 36.4 Å². The van der Waals surface area contributed by atoms with Gasteiger partial charge < -0.3 is 18.8 Å². The standard InChI is InChI=1S/C24H25NO4/c1-4-19(18-8-6-5-7-9-18)21-14-20-16(2)24(25-10-12-27-13-11-25)29-23(20)17(3)22(21)28-15-26/h4-9,14-15H,10-13H2,1-3H3/b19-4-. The number of furan rings is 1. The van der Waals surface area contributed by atoms with Gasteiger partial charge in [-0.15, -0.1) is 0 Å². The van der Waals surface area contributed by atoms with Crippen LogP contribution < -0.4 is 9.64 Å². The number of benzene rings is 2. The highest BCUT2D eigenvalue weighted by molar-refractivity contribution is 5.96. The number of allylic oxidation sites excluding steroid dienone is 1. The molecule has 0 saturated carbocycles. The van der Waals surface area contributed by atoms with Gasteiger partial charge in [-0.3, -0.25) is 4.79 Å². The molecule has 29 heavy (non-hydrogen) atoms. The number of fused-ring (bicyclic) bond motifs is 1. The maximum Gasteiger partial charge on any atom is 0.298 e. The first-order valence-corrected chi connectivity index (χ1v) is 9.87. The zero-order chi connectivity index (χ0) is 20.4. The average Bonchev–Trinajstić information content (AvgIpc) is 3.09. The molecule has 0 radical (unpaired) electrons. The zero-order valence-electron chi connectivity index (χ0n) is 17.0. The molecule has 2 aromatic carbocycles. The van der Waals surface area contributed by atoms with Crippen LogP contribution in [0, 0.1) is 13.8 Å². The third-order valence-corrected chi connectivity index (χ3v) is 5.51. The van der Waals surface area contributed by atoms with Crippen molar-refractivity contribution in [3.63, 3.8) is 0 Å². The molecule has 4 rings (SSSR count). The monoisotopic (exact) mass is 391 g/mol. The normalized spacial score (nSPS) is 15.0. The Bertz CT molecular complexity index is 1060. The molecule has 2 heterocycles. The number of hydrogen-bond donors (Lipinski definition) is 0. The molecule has 0 atom stereocenters. The van der Waals surface area contributed by atoms with Crippen molar-refractivity contribution in [2.75, 3.05) is 31.2 Å². The number of hydrogen-bond acceptors (Lipinski definition) is 5. The molecule has 5 nitrogen and oxygen atoms in total. The number of rotatable bonds is 5. The van der Waals surface area contributed by atoms with Crippen molar-refractivity contribution < 1.29 is 18.7 Å².